The van der Waals surface area contributed by atoms with Gasteiger partial charge >= 0.3 is 6.18 Å². The SMILES string of the molecule is Cc1c(NCc2ccc(C(C)(C)C)cc2)ncnc1C(=O)N1CCC(N2CCc3ncc(C(F)(F)F)cc3C2)CC1. The number of fused-ring (bicyclic) bond motifs is 1. The summed E-state index contributed by atoms with van der Waals surface area (Å²) in [6.07, 6.45) is 0.0946. The van der Waals surface area contributed by atoms with Crippen LogP contribution < -0.4 is 5.32 Å². The highest BCUT2D eigenvalue weighted by molar-refractivity contribution is 5.94. The minimum absolute atomic E-state index is 0.0935. The Labute approximate surface area is 239 Å². The standard InChI is InChI=1S/C31H37F3N6O/c1-20-27(37-19-38-28(20)36-16-21-5-7-23(8-6-21)30(2,3)4)29(41)39-12-9-25(10-13-39)40-14-11-26-22(18-40)15-24(17-35-26)31(32,33)34/h5-8,15,17,19,25H,9-14,16,18H2,1-4H3,(H,36,37,38). The van der Waals surface area contributed by atoms with Crippen molar-refractivity contribution in [3.63, 3.8) is 0 Å². The van der Waals surface area contributed by atoms with Crippen LogP contribution in [-0.4, -0.2) is 56.3 Å². The third-order valence-corrected chi connectivity index (χ3v) is 8.23. The van der Waals surface area contributed by atoms with Crippen molar-refractivity contribution in [1.29, 1.82) is 0 Å². The van der Waals surface area contributed by atoms with E-state index in [1.165, 1.54) is 18.0 Å². The molecule has 218 valence electrons. The van der Waals surface area contributed by atoms with Gasteiger partial charge in [-0.1, -0.05) is 45.0 Å². The van der Waals surface area contributed by atoms with Gasteiger partial charge in [-0.3, -0.25) is 14.7 Å². The zero-order valence-corrected chi connectivity index (χ0v) is 24.1. The van der Waals surface area contributed by atoms with Gasteiger partial charge in [-0.2, -0.15) is 13.2 Å². The number of benzene rings is 1. The fraction of sp³-hybridized carbons (Fsp3) is 0.484. The first kappa shape index (κ1) is 29.0. The molecule has 0 radical (unpaired) electrons. The Morgan fingerprint density at radius 1 is 1.00 bits per heavy atom. The van der Waals surface area contributed by atoms with E-state index in [4.69, 9.17) is 0 Å². The number of alkyl halides is 3. The van der Waals surface area contributed by atoms with Crippen LogP contribution >= 0.6 is 0 Å². The maximum absolute atomic E-state index is 13.4. The van der Waals surface area contributed by atoms with Gasteiger partial charge in [0.1, 0.15) is 17.8 Å². The van der Waals surface area contributed by atoms with Crippen molar-refractivity contribution in [2.75, 3.05) is 25.0 Å². The van der Waals surface area contributed by atoms with Crippen LogP contribution in [0.1, 0.15) is 77.6 Å². The van der Waals surface area contributed by atoms with E-state index in [0.717, 1.165) is 36.8 Å². The van der Waals surface area contributed by atoms with Crippen LogP contribution in [0.2, 0.25) is 0 Å². The summed E-state index contributed by atoms with van der Waals surface area (Å²) >= 11 is 0. The van der Waals surface area contributed by atoms with Crippen LogP contribution in [-0.2, 0) is 31.1 Å². The quantitative estimate of drug-likeness (QED) is 0.423. The molecular weight excluding hydrogens is 529 g/mol. The van der Waals surface area contributed by atoms with Gasteiger partial charge in [0.25, 0.3) is 5.91 Å². The summed E-state index contributed by atoms with van der Waals surface area (Å²) in [7, 11) is 0. The second kappa shape index (κ2) is 11.4. The number of aromatic nitrogens is 3. The number of hydrogen-bond donors (Lipinski definition) is 1. The molecule has 0 atom stereocenters. The number of likely N-dealkylation sites (tertiary alicyclic amines) is 1. The molecule has 0 spiro atoms. The van der Waals surface area contributed by atoms with Gasteiger partial charge in [-0.05, 0) is 47.9 Å². The molecule has 4 heterocycles. The lowest BCUT2D eigenvalue weighted by Crippen LogP contribution is -2.48. The Morgan fingerprint density at radius 3 is 2.37 bits per heavy atom. The van der Waals surface area contributed by atoms with Gasteiger partial charge in [0.05, 0.1) is 5.56 Å². The van der Waals surface area contributed by atoms with Crippen molar-refractivity contribution in [3.05, 3.63) is 82.1 Å². The van der Waals surface area contributed by atoms with Crippen molar-refractivity contribution in [3.8, 4) is 0 Å². The summed E-state index contributed by atoms with van der Waals surface area (Å²) < 4.78 is 39.6. The summed E-state index contributed by atoms with van der Waals surface area (Å²) in [5.41, 5.74) is 4.28. The molecule has 0 aliphatic carbocycles. The topological polar surface area (TPSA) is 74.2 Å². The van der Waals surface area contributed by atoms with Crippen LogP contribution in [0.4, 0.5) is 19.0 Å². The van der Waals surface area contributed by atoms with Crippen LogP contribution in [0.15, 0.2) is 42.9 Å². The Balaban J connectivity index is 1.18. The molecule has 1 fully saturated rings. The van der Waals surface area contributed by atoms with Crippen molar-refractivity contribution < 1.29 is 18.0 Å². The molecule has 0 saturated carbocycles. The number of amides is 1. The summed E-state index contributed by atoms with van der Waals surface area (Å²) in [6, 6.07) is 9.93. The smallest absolute Gasteiger partial charge is 0.366 e. The van der Waals surface area contributed by atoms with Crippen LogP contribution in [0.25, 0.3) is 0 Å². The molecule has 5 rings (SSSR count). The minimum Gasteiger partial charge on any atom is -0.366 e. The summed E-state index contributed by atoms with van der Waals surface area (Å²) in [6.45, 7) is 11.3. The Bertz CT molecular complexity index is 1390. The molecule has 1 saturated heterocycles. The third kappa shape index (κ3) is 6.53. The lowest BCUT2D eigenvalue weighted by Gasteiger charge is -2.40. The van der Waals surface area contributed by atoms with E-state index in [1.807, 2.05) is 11.8 Å². The van der Waals surface area contributed by atoms with Crippen molar-refractivity contribution in [1.82, 2.24) is 24.8 Å². The Kier molecular flexibility index (Phi) is 8.05. The molecule has 0 bridgehead atoms. The zero-order chi connectivity index (χ0) is 29.4. The molecule has 3 aromatic rings. The van der Waals surface area contributed by atoms with E-state index in [0.29, 0.717) is 55.2 Å². The maximum atomic E-state index is 13.4. The first-order valence-corrected chi connectivity index (χ1v) is 14.1. The highest BCUT2D eigenvalue weighted by Crippen LogP contribution is 2.32. The lowest BCUT2D eigenvalue weighted by molar-refractivity contribution is -0.137. The number of halogens is 3. The summed E-state index contributed by atoms with van der Waals surface area (Å²) in [5.74, 6) is 0.515. The number of nitrogens with zero attached hydrogens (tertiary/aromatic N) is 5. The monoisotopic (exact) mass is 566 g/mol. The second-order valence-corrected chi connectivity index (χ2v) is 12.1. The van der Waals surface area contributed by atoms with Gasteiger partial charge in [0.2, 0.25) is 0 Å². The molecule has 1 amide bonds. The Morgan fingerprint density at radius 2 is 1.71 bits per heavy atom. The van der Waals surface area contributed by atoms with E-state index in [2.05, 4.69) is 70.2 Å². The summed E-state index contributed by atoms with van der Waals surface area (Å²) in [5, 5.41) is 3.35. The lowest BCUT2D eigenvalue weighted by atomic mass is 9.87. The van der Waals surface area contributed by atoms with E-state index < -0.39 is 11.7 Å². The molecule has 41 heavy (non-hydrogen) atoms. The fourth-order valence-electron chi connectivity index (χ4n) is 5.65. The molecule has 0 unspecified atom stereocenters. The van der Waals surface area contributed by atoms with Gasteiger partial charge in [0.15, 0.2) is 0 Å². The number of carbonyl (C=O) groups is 1. The normalized spacial score (nSPS) is 16.9. The summed E-state index contributed by atoms with van der Waals surface area (Å²) in [4.78, 5) is 30.3. The van der Waals surface area contributed by atoms with Gasteiger partial charge < -0.3 is 10.2 Å². The predicted octanol–water partition coefficient (Wildman–Crippen LogP) is 5.77. The highest BCUT2D eigenvalue weighted by atomic mass is 19.4. The molecule has 2 aromatic heterocycles. The number of nitrogens with one attached hydrogen (secondary N) is 1. The molecule has 10 heteroatoms. The number of pyridine rings is 1. The van der Waals surface area contributed by atoms with Crippen LogP contribution in [0.3, 0.4) is 0 Å². The average molecular weight is 567 g/mol. The van der Waals surface area contributed by atoms with Crippen LogP contribution in [0, 0.1) is 6.92 Å². The van der Waals surface area contributed by atoms with Crippen molar-refractivity contribution >= 4 is 11.7 Å². The number of piperidine rings is 1. The molecule has 2 aliphatic rings. The number of hydrogen-bond acceptors (Lipinski definition) is 6. The second-order valence-electron chi connectivity index (χ2n) is 12.1. The van der Waals surface area contributed by atoms with Gasteiger partial charge in [-0.15, -0.1) is 0 Å². The van der Waals surface area contributed by atoms with Crippen molar-refractivity contribution in [2.45, 2.75) is 77.7 Å². The van der Waals surface area contributed by atoms with Crippen LogP contribution in [0.5, 0.6) is 0 Å². The predicted molar refractivity (Wildman–Crippen MR) is 152 cm³/mol. The first-order valence-electron chi connectivity index (χ1n) is 14.1. The average Bonchev–Trinajstić information content (AvgIpc) is 2.95. The zero-order valence-electron chi connectivity index (χ0n) is 24.1. The van der Waals surface area contributed by atoms with E-state index in [9.17, 15) is 18.0 Å². The fourth-order valence-corrected chi connectivity index (χ4v) is 5.65. The molecule has 2 aliphatic heterocycles. The van der Waals surface area contributed by atoms with Crippen molar-refractivity contribution in [2.24, 2.45) is 0 Å². The van der Waals surface area contributed by atoms with Gasteiger partial charge in [-0.25, -0.2) is 9.97 Å². The maximum Gasteiger partial charge on any atom is 0.417 e. The first-order chi connectivity index (χ1) is 19.4. The molecular formula is C31H37F3N6O. The third-order valence-electron chi connectivity index (χ3n) is 8.23. The molecule has 1 aromatic carbocycles. The minimum atomic E-state index is -4.40. The van der Waals surface area contributed by atoms with E-state index in [1.54, 1.807) is 0 Å². The Hall–Kier alpha value is -3.53. The highest BCUT2D eigenvalue weighted by Gasteiger charge is 2.34. The number of anilines is 1. The molecule has 1 N–H and O–H groups in total. The van der Waals surface area contributed by atoms with E-state index >= 15 is 0 Å². The van der Waals surface area contributed by atoms with E-state index in [-0.39, 0.29) is 17.4 Å². The largest absolute Gasteiger partial charge is 0.417 e. The van der Waals surface area contributed by atoms with Gasteiger partial charge in [0, 0.05) is 62.6 Å². The number of rotatable bonds is 5. The molecule has 7 nitrogen and oxygen atoms in total. The number of carbonyl (C=O) groups excluding carboxylic acids is 1.